The summed E-state index contributed by atoms with van der Waals surface area (Å²) in [7, 11) is 0. The van der Waals surface area contributed by atoms with Crippen LogP contribution in [0.25, 0.3) is 22.3 Å². The minimum absolute atomic E-state index is 0.217. The highest BCUT2D eigenvalue weighted by molar-refractivity contribution is 6.20. The normalized spacial score (nSPS) is 12.1. The Labute approximate surface area is 177 Å². The average molecular weight is 439 g/mol. The molecule has 0 bridgehead atoms. The van der Waals surface area contributed by atoms with E-state index in [1.54, 1.807) is 18.2 Å². The molecule has 0 spiro atoms. The van der Waals surface area contributed by atoms with Gasteiger partial charge in [0.2, 0.25) is 0 Å². The van der Waals surface area contributed by atoms with E-state index in [1.165, 1.54) is 12.1 Å². The van der Waals surface area contributed by atoms with E-state index in [0.717, 1.165) is 43.7 Å². The van der Waals surface area contributed by atoms with Crippen LogP contribution in [0.15, 0.2) is 54.6 Å². The van der Waals surface area contributed by atoms with E-state index in [4.69, 9.17) is 16.3 Å². The molecule has 2 nitrogen and oxygen atoms in total. The topological polar surface area (TPSA) is 36.9 Å². The number of quaternary nitrogens is 1. The van der Waals surface area contributed by atoms with Crippen molar-refractivity contribution in [2.75, 3.05) is 13.2 Å². The molecule has 3 aromatic carbocycles. The zero-order chi connectivity index (χ0) is 21.7. The number of alkyl halides is 1. The van der Waals surface area contributed by atoms with E-state index in [-0.39, 0.29) is 12.0 Å². The van der Waals surface area contributed by atoms with Crippen LogP contribution in [0.5, 0.6) is 5.75 Å². The summed E-state index contributed by atoms with van der Waals surface area (Å²) in [6, 6.07) is 12.1. The van der Waals surface area contributed by atoms with Gasteiger partial charge in [0, 0.05) is 0 Å². The highest BCUT2D eigenvalue weighted by Gasteiger charge is 2.12. The second-order valence-electron chi connectivity index (χ2n) is 6.91. The van der Waals surface area contributed by atoms with Gasteiger partial charge in [-0.15, -0.1) is 11.6 Å². The number of hydrogen-bond donors (Lipinski definition) is 1. The van der Waals surface area contributed by atoms with Crippen LogP contribution < -0.4 is 10.5 Å². The van der Waals surface area contributed by atoms with Crippen molar-refractivity contribution in [3.05, 3.63) is 77.9 Å². The molecular formula is C23H21ClF4NO+. The summed E-state index contributed by atoms with van der Waals surface area (Å²) in [6.45, 7) is 1.01. The van der Waals surface area contributed by atoms with Gasteiger partial charge in [-0.05, 0) is 77.6 Å². The van der Waals surface area contributed by atoms with E-state index in [1.807, 2.05) is 0 Å². The summed E-state index contributed by atoms with van der Waals surface area (Å²) < 4.78 is 60.0. The predicted octanol–water partition coefficient (Wildman–Crippen LogP) is 5.59. The van der Waals surface area contributed by atoms with E-state index in [9.17, 15) is 17.6 Å². The number of benzene rings is 3. The maximum Gasteiger partial charge on any atom is 0.159 e. The molecule has 3 aromatic rings. The van der Waals surface area contributed by atoms with Crippen LogP contribution in [0.1, 0.15) is 12.8 Å². The van der Waals surface area contributed by atoms with Gasteiger partial charge in [0.1, 0.15) is 12.4 Å². The highest BCUT2D eigenvalue weighted by Crippen LogP contribution is 2.33. The Kier molecular flexibility index (Phi) is 7.34. The molecule has 3 N–H and O–H groups in total. The third-order valence-electron chi connectivity index (χ3n) is 4.61. The molecule has 0 heterocycles. The first-order valence-corrected chi connectivity index (χ1v) is 9.93. The largest absolute Gasteiger partial charge is 0.492 e. The lowest BCUT2D eigenvalue weighted by Gasteiger charge is -2.14. The fraction of sp³-hybridized carbons (Fsp3) is 0.217. The molecule has 1 atom stereocenters. The van der Waals surface area contributed by atoms with Gasteiger partial charge in [-0.2, -0.15) is 0 Å². The molecule has 0 aliphatic heterocycles. The average Bonchev–Trinajstić information content (AvgIpc) is 2.74. The van der Waals surface area contributed by atoms with Crippen molar-refractivity contribution in [1.82, 2.24) is 0 Å². The third kappa shape index (κ3) is 5.52. The van der Waals surface area contributed by atoms with Crippen LogP contribution in [0.3, 0.4) is 0 Å². The second-order valence-corrected chi connectivity index (χ2v) is 7.53. The van der Waals surface area contributed by atoms with Crippen molar-refractivity contribution in [1.29, 1.82) is 0 Å². The molecule has 0 unspecified atom stereocenters. The van der Waals surface area contributed by atoms with Gasteiger partial charge in [-0.1, -0.05) is 12.1 Å². The third-order valence-corrected chi connectivity index (χ3v) is 4.95. The molecule has 158 valence electrons. The standard InChI is InChI=1S/C23H20ClF4NO/c24-18(2-1-7-29)13-30-19-9-16(14-3-5-20(25)22(27)11-14)8-17(10-19)15-4-6-21(26)23(28)12-15/h3-6,8-12,18H,1-2,7,13,29H2/p+1/t18-/m1/s1. The summed E-state index contributed by atoms with van der Waals surface area (Å²) in [5.74, 6) is -3.45. The first-order chi connectivity index (χ1) is 14.4. The molecule has 7 heteroatoms. The van der Waals surface area contributed by atoms with Crippen molar-refractivity contribution in [2.45, 2.75) is 18.2 Å². The van der Waals surface area contributed by atoms with Crippen LogP contribution in [0, 0.1) is 23.3 Å². The molecule has 0 aliphatic carbocycles. The van der Waals surface area contributed by atoms with Crippen molar-refractivity contribution in [3.8, 4) is 28.0 Å². The lowest BCUT2D eigenvalue weighted by Crippen LogP contribution is -2.50. The number of ether oxygens (including phenoxy) is 1. The molecule has 30 heavy (non-hydrogen) atoms. The second kappa shape index (κ2) is 9.96. The van der Waals surface area contributed by atoms with Crippen LogP contribution >= 0.6 is 11.6 Å². The van der Waals surface area contributed by atoms with Crippen molar-refractivity contribution < 1.29 is 28.0 Å². The summed E-state index contributed by atoms with van der Waals surface area (Å²) in [5.41, 5.74) is 5.69. The molecular weight excluding hydrogens is 418 g/mol. The smallest absolute Gasteiger partial charge is 0.159 e. The molecule has 0 fully saturated rings. The first kappa shape index (κ1) is 22.1. The van der Waals surface area contributed by atoms with Crippen molar-refractivity contribution in [3.63, 3.8) is 0 Å². The Morgan fingerprint density at radius 1 is 0.733 bits per heavy atom. The van der Waals surface area contributed by atoms with Crippen LogP contribution in [-0.4, -0.2) is 18.5 Å². The summed E-state index contributed by atoms with van der Waals surface area (Å²) in [4.78, 5) is 0. The van der Waals surface area contributed by atoms with E-state index in [0.29, 0.717) is 28.0 Å². The summed E-state index contributed by atoms with van der Waals surface area (Å²) in [5, 5.41) is -0.217. The number of halogens is 5. The molecule has 0 saturated carbocycles. The van der Waals surface area contributed by atoms with Gasteiger partial charge in [0.25, 0.3) is 0 Å². The molecule has 0 saturated heterocycles. The Balaban J connectivity index is 1.98. The molecule has 0 aromatic heterocycles. The maximum atomic E-state index is 13.7. The zero-order valence-electron chi connectivity index (χ0n) is 16.1. The lowest BCUT2D eigenvalue weighted by atomic mass is 9.98. The van der Waals surface area contributed by atoms with Crippen LogP contribution in [0.4, 0.5) is 17.6 Å². The molecule has 0 aliphatic rings. The van der Waals surface area contributed by atoms with Gasteiger partial charge in [0.05, 0.1) is 11.9 Å². The highest BCUT2D eigenvalue weighted by atomic mass is 35.5. The minimum atomic E-state index is -0.984. The quantitative estimate of drug-likeness (QED) is 0.361. The fourth-order valence-corrected chi connectivity index (χ4v) is 3.22. The summed E-state index contributed by atoms with van der Waals surface area (Å²) in [6.07, 6.45) is 1.61. The van der Waals surface area contributed by atoms with Gasteiger partial charge in [-0.25, -0.2) is 17.6 Å². The predicted molar refractivity (Wildman–Crippen MR) is 109 cm³/mol. The Morgan fingerprint density at radius 2 is 1.27 bits per heavy atom. The van der Waals surface area contributed by atoms with Crippen LogP contribution in [0.2, 0.25) is 0 Å². The molecule has 0 radical (unpaired) electrons. The van der Waals surface area contributed by atoms with Gasteiger partial charge < -0.3 is 10.5 Å². The minimum Gasteiger partial charge on any atom is -0.492 e. The monoisotopic (exact) mass is 438 g/mol. The molecule has 0 amide bonds. The van der Waals surface area contributed by atoms with Gasteiger partial charge in [-0.3, -0.25) is 0 Å². The number of hydrogen-bond acceptors (Lipinski definition) is 1. The lowest BCUT2D eigenvalue weighted by molar-refractivity contribution is -0.368. The van der Waals surface area contributed by atoms with Crippen LogP contribution in [-0.2, 0) is 0 Å². The first-order valence-electron chi connectivity index (χ1n) is 9.49. The summed E-state index contributed by atoms with van der Waals surface area (Å²) >= 11 is 6.26. The zero-order valence-corrected chi connectivity index (χ0v) is 16.9. The maximum absolute atomic E-state index is 13.7. The SMILES string of the molecule is [NH3+]CCC[C@@H](Cl)COc1cc(-c2ccc(F)c(F)c2)cc(-c2ccc(F)c(F)c2)c1. The number of rotatable bonds is 8. The van der Waals surface area contributed by atoms with Crippen molar-refractivity contribution in [2.24, 2.45) is 0 Å². The van der Waals surface area contributed by atoms with E-state index >= 15 is 0 Å². The fourth-order valence-electron chi connectivity index (χ4n) is 3.00. The Bertz CT molecular complexity index is 958. The van der Waals surface area contributed by atoms with E-state index < -0.39 is 23.3 Å². The van der Waals surface area contributed by atoms with Gasteiger partial charge in [0.15, 0.2) is 23.3 Å². The Morgan fingerprint density at radius 3 is 1.73 bits per heavy atom. The van der Waals surface area contributed by atoms with Crippen molar-refractivity contribution >= 4 is 11.6 Å². The molecule has 3 rings (SSSR count). The van der Waals surface area contributed by atoms with E-state index in [2.05, 4.69) is 5.73 Å². The Hall–Kier alpha value is -2.57. The van der Waals surface area contributed by atoms with Gasteiger partial charge >= 0.3 is 0 Å².